The fraction of sp³-hybridized carbons (Fsp3) is 0.480. The van der Waals surface area contributed by atoms with E-state index in [1.54, 1.807) is 7.11 Å². The number of rotatable bonds is 6. The Morgan fingerprint density at radius 1 is 1.34 bits per heavy atom. The van der Waals surface area contributed by atoms with E-state index in [1.165, 1.54) is 0 Å². The van der Waals surface area contributed by atoms with Crippen LogP contribution in [-0.2, 0) is 9.47 Å². The van der Waals surface area contributed by atoms with E-state index in [-0.39, 0.29) is 11.9 Å². The lowest BCUT2D eigenvalue weighted by Gasteiger charge is -2.30. The predicted molar refractivity (Wildman–Crippen MR) is 128 cm³/mol. The first-order valence-corrected chi connectivity index (χ1v) is 11.6. The van der Waals surface area contributed by atoms with Gasteiger partial charge in [0.1, 0.15) is 5.76 Å². The number of dihydropyridines is 1. The second kappa shape index (κ2) is 9.59. The molecule has 1 fully saturated rings. The van der Waals surface area contributed by atoms with Gasteiger partial charge in [-0.1, -0.05) is 17.7 Å². The highest BCUT2D eigenvalue weighted by Gasteiger charge is 2.28. The SMILES string of the molecule is COC1=C(CNC(=O)c2c(C)n(C(C)C3CCOCC3)c3cc(Cl)ccc23)CNC(C)=C1. The van der Waals surface area contributed by atoms with Crippen molar-refractivity contribution in [3.05, 3.63) is 57.6 Å². The summed E-state index contributed by atoms with van der Waals surface area (Å²) in [6.45, 7) is 8.94. The summed E-state index contributed by atoms with van der Waals surface area (Å²) in [5.41, 5.74) is 4.76. The van der Waals surface area contributed by atoms with Crippen LogP contribution in [0, 0.1) is 12.8 Å². The first kappa shape index (κ1) is 22.7. The Hall–Kier alpha value is -2.44. The Kier molecular flexibility index (Phi) is 6.82. The number of halogens is 1. The standard InChI is InChI=1S/C25H32ClN3O3/c1-15-11-23(31-4)19(13-27-15)14-28-25(30)24-17(3)29(16(2)18-7-9-32-10-8-18)22-12-20(26)5-6-21(22)24/h5-6,11-12,16,18,27H,7-10,13-14H2,1-4H3,(H,28,30). The molecule has 1 aromatic carbocycles. The highest BCUT2D eigenvalue weighted by Crippen LogP contribution is 2.36. The number of allylic oxidation sites excluding steroid dienone is 2. The minimum atomic E-state index is -0.0815. The van der Waals surface area contributed by atoms with Gasteiger partial charge >= 0.3 is 0 Å². The van der Waals surface area contributed by atoms with E-state index >= 15 is 0 Å². The molecular weight excluding hydrogens is 426 g/mol. The molecule has 1 aromatic heterocycles. The number of nitrogens with one attached hydrogen (secondary N) is 2. The maximum atomic E-state index is 13.4. The van der Waals surface area contributed by atoms with Crippen LogP contribution in [0.2, 0.25) is 5.02 Å². The molecule has 4 rings (SSSR count). The number of fused-ring (bicyclic) bond motifs is 1. The lowest BCUT2D eigenvalue weighted by atomic mass is 9.92. The topological polar surface area (TPSA) is 64.5 Å². The van der Waals surface area contributed by atoms with Gasteiger partial charge in [-0.25, -0.2) is 0 Å². The van der Waals surface area contributed by atoms with E-state index in [2.05, 4.69) is 22.1 Å². The normalized spacial score (nSPS) is 18.3. The smallest absolute Gasteiger partial charge is 0.253 e. The van der Waals surface area contributed by atoms with Crippen LogP contribution < -0.4 is 10.6 Å². The van der Waals surface area contributed by atoms with Crippen LogP contribution in [0.15, 0.2) is 41.3 Å². The Labute approximate surface area is 194 Å². The highest BCUT2D eigenvalue weighted by atomic mass is 35.5. The van der Waals surface area contributed by atoms with Gasteiger partial charge in [-0.05, 0) is 57.7 Å². The van der Waals surface area contributed by atoms with Gasteiger partial charge in [0.25, 0.3) is 5.91 Å². The molecule has 2 aromatic rings. The van der Waals surface area contributed by atoms with Crippen LogP contribution in [-0.4, -0.2) is 43.9 Å². The zero-order chi connectivity index (χ0) is 22.8. The monoisotopic (exact) mass is 457 g/mol. The number of ether oxygens (including phenoxy) is 2. The van der Waals surface area contributed by atoms with Crippen molar-refractivity contribution in [2.75, 3.05) is 33.4 Å². The van der Waals surface area contributed by atoms with Crippen molar-refractivity contribution < 1.29 is 14.3 Å². The minimum absolute atomic E-state index is 0.0815. The molecule has 0 spiro atoms. The molecule has 0 aliphatic carbocycles. The number of benzene rings is 1. The van der Waals surface area contributed by atoms with Crippen molar-refractivity contribution in [1.82, 2.24) is 15.2 Å². The molecule has 6 nitrogen and oxygen atoms in total. The van der Waals surface area contributed by atoms with Gasteiger partial charge in [0.05, 0.1) is 18.2 Å². The first-order valence-electron chi connectivity index (χ1n) is 11.2. The summed E-state index contributed by atoms with van der Waals surface area (Å²) < 4.78 is 13.4. The molecule has 1 amide bonds. The molecule has 0 radical (unpaired) electrons. The van der Waals surface area contributed by atoms with Crippen LogP contribution >= 0.6 is 11.6 Å². The zero-order valence-corrected chi connectivity index (χ0v) is 20.0. The molecule has 0 saturated carbocycles. The van der Waals surface area contributed by atoms with Gasteiger partial charge in [0, 0.05) is 59.7 Å². The lowest BCUT2D eigenvalue weighted by Crippen LogP contribution is -2.32. The van der Waals surface area contributed by atoms with E-state index in [0.29, 0.717) is 29.6 Å². The van der Waals surface area contributed by atoms with Crippen molar-refractivity contribution in [3.63, 3.8) is 0 Å². The molecule has 0 bridgehead atoms. The van der Waals surface area contributed by atoms with Gasteiger partial charge in [-0.3, -0.25) is 4.79 Å². The summed E-state index contributed by atoms with van der Waals surface area (Å²) in [6, 6.07) is 6.04. The molecule has 1 saturated heterocycles. The lowest BCUT2D eigenvalue weighted by molar-refractivity contribution is 0.0517. The van der Waals surface area contributed by atoms with Crippen LogP contribution in [0.25, 0.3) is 10.9 Å². The number of hydrogen-bond acceptors (Lipinski definition) is 4. The van der Waals surface area contributed by atoms with Gasteiger partial charge in [0.2, 0.25) is 0 Å². The average molecular weight is 458 g/mol. The summed E-state index contributed by atoms with van der Waals surface area (Å²) in [7, 11) is 1.66. The predicted octanol–water partition coefficient (Wildman–Crippen LogP) is 4.73. The van der Waals surface area contributed by atoms with Crippen molar-refractivity contribution in [3.8, 4) is 0 Å². The van der Waals surface area contributed by atoms with Gasteiger partial charge < -0.3 is 24.7 Å². The quantitative estimate of drug-likeness (QED) is 0.658. The summed E-state index contributed by atoms with van der Waals surface area (Å²) in [6.07, 6.45) is 4.01. The van der Waals surface area contributed by atoms with Crippen LogP contribution in [0.5, 0.6) is 0 Å². The third-order valence-electron chi connectivity index (χ3n) is 6.75. The maximum Gasteiger partial charge on any atom is 0.253 e. The number of hydrogen-bond donors (Lipinski definition) is 2. The fourth-order valence-corrected chi connectivity index (χ4v) is 5.11. The Bertz CT molecular complexity index is 1080. The molecule has 2 aliphatic heterocycles. The zero-order valence-electron chi connectivity index (χ0n) is 19.3. The maximum absolute atomic E-state index is 13.4. The number of nitrogens with zero attached hydrogens (tertiary/aromatic N) is 1. The van der Waals surface area contributed by atoms with Crippen molar-refractivity contribution in [1.29, 1.82) is 0 Å². The van der Waals surface area contributed by atoms with E-state index in [9.17, 15) is 4.79 Å². The number of carbonyl (C=O) groups is 1. The van der Waals surface area contributed by atoms with Crippen LogP contribution in [0.4, 0.5) is 0 Å². The van der Waals surface area contributed by atoms with Gasteiger partial charge in [-0.2, -0.15) is 0 Å². The Morgan fingerprint density at radius 3 is 2.81 bits per heavy atom. The molecule has 32 heavy (non-hydrogen) atoms. The number of aromatic nitrogens is 1. The first-order chi connectivity index (χ1) is 15.4. The second-order valence-corrected chi connectivity index (χ2v) is 9.15. The molecule has 172 valence electrons. The molecule has 7 heteroatoms. The highest BCUT2D eigenvalue weighted by molar-refractivity contribution is 6.31. The van der Waals surface area contributed by atoms with Crippen molar-refractivity contribution >= 4 is 28.4 Å². The minimum Gasteiger partial charge on any atom is -0.497 e. The van der Waals surface area contributed by atoms with Crippen LogP contribution in [0.1, 0.15) is 48.8 Å². The third kappa shape index (κ3) is 4.39. The van der Waals surface area contributed by atoms with Crippen molar-refractivity contribution in [2.45, 2.75) is 39.7 Å². The fourth-order valence-electron chi connectivity index (χ4n) is 4.94. The Morgan fingerprint density at radius 2 is 2.09 bits per heavy atom. The molecule has 1 atom stereocenters. The van der Waals surface area contributed by atoms with Gasteiger partial charge in [-0.15, -0.1) is 0 Å². The number of carbonyl (C=O) groups excluding carboxylic acids is 1. The van der Waals surface area contributed by atoms with Crippen molar-refractivity contribution in [2.24, 2.45) is 5.92 Å². The van der Waals surface area contributed by atoms with E-state index < -0.39 is 0 Å². The van der Waals surface area contributed by atoms with E-state index in [0.717, 1.165) is 59.7 Å². The van der Waals surface area contributed by atoms with E-state index in [4.69, 9.17) is 21.1 Å². The number of amides is 1. The van der Waals surface area contributed by atoms with Gasteiger partial charge in [0.15, 0.2) is 0 Å². The second-order valence-electron chi connectivity index (χ2n) is 8.72. The molecule has 3 heterocycles. The largest absolute Gasteiger partial charge is 0.497 e. The molecule has 2 N–H and O–H groups in total. The number of methoxy groups -OCH3 is 1. The average Bonchev–Trinajstić information content (AvgIpc) is 3.08. The van der Waals surface area contributed by atoms with E-state index in [1.807, 2.05) is 38.1 Å². The molecular formula is C25H32ClN3O3. The summed E-state index contributed by atoms with van der Waals surface area (Å²) in [5.74, 6) is 1.23. The summed E-state index contributed by atoms with van der Waals surface area (Å²) >= 11 is 6.36. The molecule has 2 aliphatic rings. The Balaban J connectivity index is 1.66. The third-order valence-corrected chi connectivity index (χ3v) is 6.99. The summed E-state index contributed by atoms with van der Waals surface area (Å²) in [4.78, 5) is 13.4. The summed E-state index contributed by atoms with van der Waals surface area (Å²) in [5, 5.41) is 8.03. The van der Waals surface area contributed by atoms with Crippen LogP contribution in [0.3, 0.4) is 0 Å². The molecule has 1 unspecified atom stereocenters.